The summed E-state index contributed by atoms with van der Waals surface area (Å²) in [6.45, 7) is 0. The molecule has 0 aliphatic rings. The van der Waals surface area contributed by atoms with Crippen LogP contribution >= 0.6 is 0 Å². The Morgan fingerprint density at radius 1 is 1.10 bits per heavy atom. The van der Waals surface area contributed by atoms with Crippen LogP contribution in [-0.4, -0.2) is 21.0 Å². The van der Waals surface area contributed by atoms with E-state index in [1.54, 1.807) is 18.3 Å². The zero-order valence-corrected chi connectivity index (χ0v) is 11.0. The van der Waals surface area contributed by atoms with Crippen LogP contribution in [0.15, 0.2) is 60.0 Å². The van der Waals surface area contributed by atoms with Crippen LogP contribution in [0.25, 0.3) is 10.9 Å². The van der Waals surface area contributed by atoms with Crippen molar-refractivity contribution in [3.05, 3.63) is 60.4 Å². The molecule has 0 spiro atoms. The van der Waals surface area contributed by atoms with Crippen LogP contribution in [0, 0.1) is 0 Å². The van der Waals surface area contributed by atoms with Gasteiger partial charge in [0, 0.05) is 23.2 Å². The van der Waals surface area contributed by atoms with Crippen LogP contribution in [-0.2, 0) is 0 Å². The summed E-state index contributed by atoms with van der Waals surface area (Å²) in [4.78, 5) is 8.41. The normalized spacial score (nSPS) is 11.5. The van der Waals surface area contributed by atoms with Crippen molar-refractivity contribution in [1.29, 1.82) is 0 Å². The molecule has 0 amide bonds. The zero-order valence-electron chi connectivity index (χ0n) is 11.0. The van der Waals surface area contributed by atoms with Gasteiger partial charge in [-0.1, -0.05) is 23.4 Å². The van der Waals surface area contributed by atoms with Gasteiger partial charge in [-0.15, -0.1) is 0 Å². The van der Waals surface area contributed by atoms with Gasteiger partial charge in [-0.2, -0.15) is 0 Å². The molecule has 0 saturated carbocycles. The first kappa shape index (κ1) is 12.9. The Kier molecular flexibility index (Phi) is 3.34. The van der Waals surface area contributed by atoms with Gasteiger partial charge < -0.3 is 15.7 Å². The molecule has 6 heteroatoms. The molecule has 21 heavy (non-hydrogen) atoms. The van der Waals surface area contributed by atoms with Crippen LogP contribution in [0.4, 0.5) is 0 Å². The van der Waals surface area contributed by atoms with Gasteiger partial charge in [0.05, 0.1) is 11.7 Å². The molecule has 104 valence electrons. The Morgan fingerprint density at radius 2 is 1.95 bits per heavy atom. The van der Waals surface area contributed by atoms with Crippen molar-refractivity contribution < 1.29 is 9.94 Å². The Hall–Kier alpha value is -3.15. The fourth-order valence-electron chi connectivity index (χ4n) is 1.88. The second-order valence-electron chi connectivity index (χ2n) is 4.34. The summed E-state index contributed by atoms with van der Waals surface area (Å²) < 4.78 is 5.64. The van der Waals surface area contributed by atoms with E-state index in [0.29, 0.717) is 17.2 Å². The molecule has 0 radical (unpaired) electrons. The summed E-state index contributed by atoms with van der Waals surface area (Å²) in [6.07, 6.45) is 3.11. The third kappa shape index (κ3) is 2.74. The highest BCUT2D eigenvalue weighted by atomic mass is 16.5. The number of oxime groups is 1. The average Bonchev–Trinajstić information content (AvgIpc) is 2.55. The number of ether oxygens (including phenoxy) is 1. The minimum Gasteiger partial charge on any atom is -0.437 e. The van der Waals surface area contributed by atoms with Gasteiger partial charge in [-0.05, 0) is 18.2 Å². The molecule has 0 aliphatic heterocycles. The first-order valence-corrected chi connectivity index (χ1v) is 6.23. The minimum absolute atomic E-state index is 0.00132. The van der Waals surface area contributed by atoms with Crippen LogP contribution in [0.5, 0.6) is 11.6 Å². The highest BCUT2D eigenvalue weighted by Gasteiger charge is 2.03. The van der Waals surface area contributed by atoms with E-state index in [0.717, 1.165) is 10.9 Å². The quantitative estimate of drug-likeness (QED) is 0.333. The van der Waals surface area contributed by atoms with Crippen molar-refractivity contribution in [2.75, 3.05) is 0 Å². The monoisotopic (exact) mass is 280 g/mol. The van der Waals surface area contributed by atoms with Crippen LogP contribution in [0.3, 0.4) is 0 Å². The van der Waals surface area contributed by atoms with Crippen LogP contribution < -0.4 is 10.5 Å². The molecule has 0 unspecified atom stereocenters. The summed E-state index contributed by atoms with van der Waals surface area (Å²) in [7, 11) is 0. The molecule has 3 N–H and O–H groups in total. The second-order valence-corrected chi connectivity index (χ2v) is 4.34. The molecule has 0 bridgehead atoms. The molecular formula is C15H12N4O2. The number of hydrogen-bond donors (Lipinski definition) is 2. The smallest absolute Gasteiger partial charge is 0.219 e. The molecule has 0 atom stereocenters. The highest BCUT2D eigenvalue weighted by molar-refractivity contribution is 5.96. The van der Waals surface area contributed by atoms with Crippen molar-refractivity contribution in [3.63, 3.8) is 0 Å². The lowest BCUT2D eigenvalue weighted by Gasteiger charge is -2.06. The molecule has 2 aromatic heterocycles. The Morgan fingerprint density at radius 3 is 2.71 bits per heavy atom. The molecular weight excluding hydrogens is 268 g/mol. The summed E-state index contributed by atoms with van der Waals surface area (Å²) in [5.74, 6) is 1.00. The summed E-state index contributed by atoms with van der Waals surface area (Å²) >= 11 is 0. The van der Waals surface area contributed by atoms with Gasteiger partial charge >= 0.3 is 0 Å². The predicted octanol–water partition coefficient (Wildman–Crippen LogP) is 2.52. The first-order valence-electron chi connectivity index (χ1n) is 6.23. The number of benzene rings is 1. The molecule has 6 nitrogen and oxygen atoms in total. The van der Waals surface area contributed by atoms with Crippen molar-refractivity contribution in [1.82, 2.24) is 9.97 Å². The van der Waals surface area contributed by atoms with Crippen molar-refractivity contribution in [2.45, 2.75) is 0 Å². The van der Waals surface area contributed by atoms with E-state index < -0.39 is 0 Å². The summed E-state index contributed by atoms with van der Waals surface area (Å²) in [5, 5.41) is 12.5. The van der Waals surface area contributed by atoms with E-state index in [-0.39, 0.29) is 5.84 Å². The number of nitrogens with two attached hydrogens (primary N) is 1. The standard InChI is InChI=1S/C15H12N4O2/c16-15(19-20)11-5-6-14(18-8-11)21-12-7-10-3-1-2-4-13(10)17-9-12/h1-9,20H,(H2,16,19). The second kappa shape index (κ2) is 5.46. The lowest BCUT2D eigenvalue weighted by atomic mass is 10.2. The maximum absolute atomic E-state index is 8.59. The SMILES string of the molecule is N/C(=N/O)c1ccc(Oc2cnc3ccccc3c2)nc1. The highest BCUT2D eigenvalue weighted by Crippen LogP contribution is 2.22. The number of hydrogen-bond acceptors (Lipinski definition) is 5. The molecule has 3 rings (SSSR count). The maximum atomic E-state index is 8.59. The summed E-state index contributed by atoms with van der Waals surface area (Å²) in [6, 6.07) is 13.0. The van der Waals surface area contributed by atoms with E-state index in [1.807, 2.05) is 30.3 Å². The van der Waals surface area contributed by atoms with E-state index in [2.05, 4.69) is 15.1 Å². The number of amidine groups is 1. The van der Waals surface area contributed by atoms with E-state index in [4.69, 9.17) is 15.7 Å². The van der Waals surface area contributed by atoms with E-state index in [9.17, 15) is 0 Å². The molecule has 2 heterocycles. The van der Waals surface area contributed by atoms with E-state index in [1.165, 1.54) is 6.20 Å². The lowest BCUT2D eigenvalue weighted by Crippen LogP contribution is -2.13. The molecule has 0 aliphatic carbocycles. The van der Waals surface area contributed by atoms with Crippen molar-refractivity contribution in [2.24, 2.45) is 10.9 Å². The fourth-order valence-corrected chi connectivity index (χ4v) is 1.88. The number of rotatable bonds is 3. The minimum atomic E-state index is 0.00132. The van der Waals surface area contributed by atoms with Crippen LogP contribution in [0.1, 0.15) is 5.56 Å². The average molecular weight is 280 g/mol. The number of pyridine rings is 2. The molecule has 0 fully saturated rings. The molecule has 0 saturated heterocycles. The fraction of sp³-hybridized carbons (Fsp3) is 0. The summed E-state index contributed by atoms with van der Waals surface area (Å²) in [5.41, 5.74) is 6.89. The Bertz CT molecular complexity index is 800. The van der Waals surface area contributed by atoms with Crippen molar-refractivity contribution >= 4 is 16.7 Å². The Balaban J connectivity index is 1.84. The van der Waals surface area contributed by atoms with Gasteiger partial charge in [-0.25, -0.2) is 4.98 Å². The van der Waals surface area contributed by atoms with Gasteiger partial charge in [0.2, 0.25) is 5.88 Å². The topological polar surface area (TPSA) is 93.6 Å². The van der Waals surface area contributed by atoms with E-state index >= 15 is 0 Å². The number of fused-ring (bicyclic) bond motifs is 1. The van der Waals surface area contributed by atoms with Gasteiger partial charge in [0.1, 0.15) is 5.75 Å². The number of para-hydroxylation sites is 1. The first-order chi connectivity index (χ1) is 10.3. The predicted molar refractivity (Wildman–Crippen MR) is 78.6 cm³/mol. The molecule has 1 aromatic carbocycles. The van der Waals surface area contributed by atoms with Gasteiger partial charge in [-0.3, -0.25) is 4.98 Å². The van der Waals surface area contributed by atoms with Crippen LogP contribution in [0.2, 0.25) is 0 Å². The Labute approximate surface area is 120 Å². The third-order valence-electron chi connectivity index (χ3n) is 2.93. The van der Waals surface area contributed by atoms with Gasteiger partial charge in [0.25, 0.3) is 0 Å². The van der Waals surface area contributed by atoms with Gasteiger partial charge in [0.15, 0.2) is 5.84 Å². The largest absolute Gasteiger partial charge is 0.437 e. The lowest BCUT2D eigenvalue weighted by molar-refractivity contribution is 0.318. The molecule has 3 aromatic rings. The van der Waals surface area contributed by atoms with Crippen molar-refractivity contribution in [3.8, 4) is 11.6 Å². The number of nitrogens with zero attached hydrogens (tertiary/aromatic N) is 3. The zero-order chi connectivity index (χ0) is 14.7. The number of aromatic nitrogens is 2. The third-order valence-corrected chi connectivity index (χ3v) is 2.93. The maximum Gasteiger partial charge on any atom is 0.219 e.